The third-order valence-electron chi connectivity index (χ3n) is 3.52. The quantitative estimate of drug-likeness (QED) is 0.816. The molecule has 1 fully saturated rings. The molecule has 0 saturated heterocycles. The van der Waals surface area contributed by atoms with Crippen LogP contribution in [0.2, 0.25) is 0 Å². The number of anilines is 1. The van der Waals surface area contributed by atoms with Gasteiger partial charge in [-0.3, -0.25) is 4.79 Å². The zero-order valence-electron chi connectivity index (χ0n) is 11.8. The fraction of sp³-hybridized carbons (Fsp3) is 0.375. The van der Waals surface area contributed by atoms with Gasteiger partial charge in [-0.1, -0.05) is 13.0 Å². The van der Waals surface area contributed by atoms with Gasteiger partial charge in [0.15, 0.2) is 0 Å². The van der Waals surface area contributed by atoms with Gasteiger partial charge in [-0.25, -0.2) is 4.79 Å². The largest absolute Gasteiger partial charge is 0.488 e. The molecule has 5 heteroatoms. The van der Waals surface area contributed by atoms with Crippen LogP contribution in [0.5, 0.6) is 5.75 Å². The highest BCUT2D eigenvalue weighted by Crippen LogP contribution is 2.30. The third-order valence-corrected chi connectivity index (χ3v) is 3.52. The predicted molar refractivity (Wildman–Crippen MR) is 79.7 cm³/mol. The highest BCUT2D eigenvalue weighted by Gasteiger charge is 2.18. The van der Waals surface area contributed by atoms with Gasteiger partial charge in [0.1, 0.15) is 5.75 Å². The van der Waals surface area contributed by atoms with Crippen molar-refractivity contribution in [3.63, 3.8) is 0 Å². The molecule has 1 aliphatic rings. The van der Waals surface area contributed by atoms with E-state index in [0.29, 0.717) is 11.4 Å². The van der Waals surface area contributed by atoms with Crippen molar-refractivity contribution in [2.75, 3.05) is 5.32 Å². The molecule has 1 aromatic carbocycles. The maximum atomic E-state index is 11.5. The van der Waals surface area contributed by atoms with E-state index >= 15 is 0 Å². The first kappa shape index (κ1) is 15.1. The van der Waals surface area contributed by atoms with Crippen LogP contribution in [-0.4, -0.2) is 23.1 Å². The van der Waals surface area contributed by atoms with Gasteiger partial charge < -0.3 is 15.2 Å². The van der Waals surface area contributed by atoms with Gasteiger partial charge in [0, 0.05) is 0 Å². The molecule has 112 valence electrons. The van der Waals surface area contributed by atoms with Gasteiger partial charge in [-0.2, -0.15) is 0 Å². The maximum absolute atomic E-state index is 11.5. The van der Waals surface area contributed by atoms with Crippen LogP contribution in [0.4, 0.5) is 5.69 Å². The Kier molecular flexibility index (Phi) is 4.98. The second-order valence-corrected chi connectivity index (χ2v) is 5.09. The van der Waals surface area contributed by atoms with E-state index in [9.17, 15) is 9.59 Å². The van der Waals surface area contributed by atoms with Crippen molar-refractivity contribution in [2.45, 2.75) is 38.2 Å². The third kappa shape index (κ3) is 4.08. The van der Waals surface area contributed by atoms with Crippen molar-refractivity contribution in [1.82, 2.24) is 0 Å². The van der Waals surface area contributed by atoms with Gasteiger partial charge in [0.2, 0.25) is 5.91 Å². The summed E-state index contributed by atoms with van der Waals surface area (Å²) >= 11 is 0. The summed E-state index contributed by atoms with van der Waals surface area (Å²) in [4.78, 5) is 22.5. The second-order valence-electron chi connectivity index (χ2n) is 5.09. The fourth-order valence-electron chi connectivity index (χ4n) is 2.41. The number of benzene rings is 1. The Labute approximate surface area is 123 Å². The number of carbonyl (C=O) groups excluding carboxylic acids is 1. The lowest BCUT2D eigenvalue weighted by atomic mass is 9.98. The normalized spacial score (nSPS) is 15.2. The van der Waals surface area contributed by atoms with E-state index in [1.807, 2.05) is 0 Å². The van der Waals surface area contributed by atoms with Crippen LogP contribution >= 0.6 is 0 Å². The number of ether oxygens (including phenoxy) is 1. The van der Waals surface area contributed by atoms with Crippen molar-refractivity contribution in [1.29, 1.82) is 0 Å². The molecular formula is C16H19NO4. The van der Waals surface area contributed by atoms with Crippen LogP contribution < -0.4 is 10.1 Å². The van der Waals surface area contributed by atoms with Gasteiger partial charge in [0.25, 0.3) is 0 Å². The van der Waals surface area contributed by atoms with Gasteiger partial charge in [-0.15, -0.1) is 0 Å². The van der Waals surface area contributed by atoms with Crippen LogP contribution in [0.1, 0.15) is 42.5 Å². The molecular weight excluding hydrogens is 270 g/mol. The monoisotopic (exact) mass is 289 g/mol. The highest BCUT2D eigenvalue weighted by molar-refractivity contribution is 6.01. The van der Waals surface area contributed by atoms with Gasteiger partial charge >= 0.3 is 5.97 Å². The second kappa shape index (κ2) is 6.92. The summed E-state index contributed by atoms with van der Waals surface area (Å²) in [6.45, 7) is 3.39. The molecule has 21 heavy (non-hydrogen) atoms. The smallest absolute Gasteiger partial charge is 0.335 e. The van der Waals surface area contributed by atoms with Crippen LogP contribution in [0, 0.1) is 0 Å². The van der Waals surface area contributed by atoms with Crippen LogP contribution in [0.25, 0.3) is 0 Å². The number of carboxylic acids is 1. The Bertz CT molecular complexity index is 547. The van der Waals surface area contributed by atoms with Gasteiger partial charge in [-0.05, 0) is 50.0 Å². The van der Waals surface area contributed by atoms with Crippen molar-refractivity contribution < 1.29 is 19.4 Å². The first-order valence-electron chi connectivity index (χ1n) is 7.07. The van der Waals surface area contributed by atoms with Crippen molar-refractivity contribution >= 4 is 17.6 Å². The Morgan fingerprint density at radius 2 is 2.00 bits per heavy atom. The maximum Gasteiger partial charge on any atom is 0.335 e. The fourth-order valence-corrected chi connectivity index (χ4v) is 2.41. The lowest BCUT2D eigenvalue weighted by molar-refractivity contribution is -0.111. The summed E-state index contributed by atoms with van der Waals surface area (Å²) in [5.74, 6) is -0.943. The average Bonchev–Trinajstić information content (AvgIpc) is 2.49. The molecule has 0 unspecified atom stereocenters. The summed E-state index contributed by atoms with van der Waals surface area (Å²) in [6, 6.07) is 4.47. The number of hydrogen-bond acceptors (Lipinski definition) is 3. The zero-order chi connectivity index (χ0) is 15.2. The lowest BCUT2D eigenvalue weighted by Gasteiger charge is -2.24. The summed E-state index contributed by atoms with van der Waals surface area (Å²) in [5, 5.41) is 11.6. The molecule has 1 aromatic rings. The van der Waals surface area contributed by atoms with E-state index in [-0.39, 0.29) is 11.7 Å². The van der Waals surface area contributed by atoms with Crippen molar-refractivity contribution in [2.24, 2.45) is 0 Å². The van der Waals surface area contributed by atoms with E-state index in [0.717, 1.165) is 31.8 Å². The Morgan fingerprint density at radius 1 is 1.29 bits per heavy atom. The number of aromatic carboxylic acids is 1. The van der Waals surface area contributed by atoms with Crippen LogP contribution in [0.15, 0.2) is 30.9 Å². The molecule has 0 aliphatic heterocycles. The minimum Gasteiger partial charge on any atom is -0.488 e. The highest BCUT2D eigenvalue weighted by atomic mass is 16.5. The van der Waals surface area contributed by atoms with E-state index in [1.54, 1.807) is 6.07 Å². The first-order valence-corrected chi connectivity index (χ1v) is 7.07. The molecule has 2 rings (SSSR count). The number of carbonyl (C=O) groups is 2. The molecule has 0 spiro atoms. The lowest BCUT2D eigenvalue weighted by Crippen LogP contribution is -2.21. The van der Waals surface area contributed by atoms with Crippen LogP contribution in [0.3, 0.4) is 0 Å². The van der Waals surface area contributed by atoms with E-state index in [2.05, 4.69) is 11.9 Å². The molecule has 1 aliphatic carbocycles. The van der Waals surface area contributed by atoms with Crippen LogP contribution in [-0.2, 0) is 4.79 Å². The van der Waals surface area contributed by atoms with Crippen molar-refractivity contribution in [3.8, 4) is 5.75 Å². The SMILES string of the molecule is C=CC(=O)Nc1cc(C(=O)O)ccc1OC1CCCCC1. The van der Waals surface area contributed by atoms with E-state index in [4.69, 9.17) is 9.84 Å². The molecule has 0 heterocycles. The Balaban J connectivity index is 2.22. The standard InChI is InChI=1S/C16H19NO4/c1-2-15(18)17-13-10-11(16(19)20)8-9-14(13)21-12-6-4-3-5-7-12/h2,8-10,12H,1,3-7H2,(H,17,18)(H,19,20). The number of rotatable bonds is 5. The first-order chi connectivity index (χ1) is 10.1. The number of carboxylic acid groups (broad SMARTS) is 1. The Morgan fingerprint density at radius 3 is 2.62 bits per heavy atom. The molecule has 0 bridgehead atoms. The summed E-state index contributed by atoms with van der Waals surface area (Å²) in [6.07, 6.45) is 6.70. The zero-order valence-corrected chi connectivity index (χ0v) is 11.8. The summed E-state index contributed by atoms with van der Waals surface area (Å²) in [5.41, 5.74) is 0.468. The molecule has 0 radical (unpaired) electrons. The summed E-state index contributed by atoms with van der Waals surface area (Å²) < 4.78 is 5.92. The molecule has 0 atom stereocenters. The minimum absolute atomic E-state index is 0.102. The molecule has 0 aromatic heterocycles. The number of amides is 1. The summed E-state index contributed by atoms with van der Waals surface area (Å²) in [7, 11) is 0. The average molecular weight is 289 g/mol. The van der Waals surface area contributed by atoms with E-state index < -0.39 is 11.9 Å². The number of hydrogen-bond donors (Lipinski definition) is 2. The van der Waals surface area contributed by atoms with E-state index in [1.165, 1.54) is 18.6 Å². The molecule has 1 amide bonds. The van der Waals surface area contributed by atoms with Crippen molar-refractivity contribution in [3.05, 3.63) is 36.4 Å². The molecule has 2 N–H and O–H groups in total. The van der Waals surface area contributed by atoms with Gasteiger partial charge in [0.05, 0.1) is 17.4 Å². The Hall–Kier alpha value is -2.30. The number of nitrogens with one attached hydrogen (secondary N) is 1. The predicted octanol–water partition coefficient (Wildman–Crippen LogP) is 3.22. The minimum atomic E-state index is -1.05. The molecule has 5 nitrogen and oxygen atoms in total. The molecule has 1 saturated carbocycles. The topological polar surface area (TPSA) is 75.6 Å².